The summed E-state index contributed by atoms with van der Waals surface area (Å²) in [5.41, 5.74) is 1.98. The number of phenolic OH excluding ortho intramolecular Hbond substituents is 1. The molecule has 0 radical (unpaired) electrons. The average Bonchev–Trinajstić information content (AvgIpc) is 2.55. The number of hydrogen-bond acceptors (Lipinski definition) is 5. The van der Waals surface area contributed by atoms with Crippen molar-refractivity contribution in [1.82, 2.24) is 0 Å². The summed E-state index contributed by atoms with van der Waals surface area (Å²) in [4.78, 5) is 23.8. The summed E-state index contributed by atoms with van der Waals surface area (Å²) >= 11 is 1.33. The molecule has 0 atom stereocenters. The molecule has 0 aliphatic heterocycles. The number of phenols is 1. The number of carbonyl (C=O) groups excluding carboxylic acids is 2. The lowest BCUT2D eigenvalue weighted by atomic mass is 9.98. The van der Waals surface area contributed by atoms with Crippen molar-refractivity contribution in [3.8, 4) is 16.9 Å². The van der Waals surface area contributed by atoms with E-state index in [2.05, 4.69) is 0 Å². The van der Waals surface area contributed by atoms with Gasteiger partial charge in [0.15, 0.2) is 6.29 Å². The zero-order valence-electron chi connectivity index (χ0n) is 12.3. The third kappa shape index (κ3) is 3.14. The molecule has 2 aromatic rings. The number of ether oxygens (including phenoxy) is 1. The molecule has 1 N–H and O–H groups in total. The molecule has 0 unspecified atom stereocenters. The first kappa shape index (κ1) is 16.1. The Morgan fingerprint density at radius 1 is 1.32 bits per heavy atom. The van der Waals surface area contributed by atoms with Crippen molar-refractivity contribution >= 4 is 24.0 Å². The van der Waals surface area contributed by atoms with Crippen LogP contribution < -0.4 is 0 Å². The van der Waals surface area contributed by atoms with Crippen molar-refractivity contribution in [3.05, 3.63) is 47.5 Å². The van der Waals surface area contributed by atoms with Crippen LogP contribution in [0.2, 0.25) is 0 Å². The summed E-state index contributed by atoms with van der Waals surface area (Å²) in [6.07, 6.45) is 2.41. The molecule has 22 heavy (non-hydrogen) atoms. The van der Waals surface area contributed by atoms with E-state index >= 15 is 0 Å². The van der Waals surface area contributed by atoms with Gasteiger partial charge in [-0.1, -0.05) is 18.2 Å². The van der Waals surface area contributed by atoms with Gasteiger partial charge in [0, 0.05) is 0 Å². The van der Waals surface area contributed by atoms with Crippen LogP contribution in [-0.4, -0.2) is 30.2 Å². The number of aromatic hydroxyl groups is 1. The molecule has 5 heteroatoms. The largest absolute Gasteiger partial charge is 0.506 e. The first-order valence-corrected chi connectivity index (χ1v) is 7.97. The first-order valence-electron chi connectivity index (χ1n) is 6.75. The Bertz CT molecular complexity index is 710. The molecule has 0 spiro atoms. The van der Waals surface area contributed by atoms with Gasteiger partial charge in [-0.2, -0.15) is 0 Å². The third-order valence-electron chi connectivity index (χ3n) is 3.18. The van der Waals surface area contributed by atoms with Crippen LogP contribution >= 0.6 is 11.8 Å². The van der Waals surface area contributed by atoms with Crippen LogP contribution in [0.5, 0.6) is 5.75 Å². The fourth-order valence-corrected chi connectivity index (χ4v) is 2.71. The number of thioether (sulfide) groups is 1. The van der Waals surface area contributed by atoms with E-state index in [-0.39, 0.29) is 11.3 Å². The van der Waals surface area contributed by atoms with Gasteiger partial charge in [0.05, 0.1) is 22.6 Å². The van der Waals surface area contributed by atoms with Gasteiger partial charge < -0.3 is 9.84 Å². The SMILES string of the molecule is CCOC(=O)c1ccccc1-c1cc(C=O)c(O)c(SC)c1. The van der Waals surface area contributed by atoms with Crippen LogP contribution in [0.15, 0.2) is 41.3 Å². The molecule has 0 aliphatic rings. The third-order valence-corrected chi connectivity index (χ3v) is 3.94. The van der Waals surface area contributed by atoms with Crippen LogP contribution in [0.1, 0.15) is 27.6 Å². The minimum Gasteiger partial charge on any atom is -0.506 e. The summed E-state index contributed by atoms with van der Waals surface area (Å²) < 4.78 is 5.06. The van der Waals surface area contributed by atoms with E-state index in [0.717, 1.165) is 0 Å². The minimum absolute atomic E-state index is 0.0418. The summed E-state index contributed by atoms with van der Waals surface area (Å²) in [5, 5.41) is 9.98. The highest BCUT2D eigenvalue weighted by atomic mass is 32.2. The predicted octanol–water partition coefficient (Wildman–Crippen LogP) is 3.77. The Morgan fingerprint density at radius 3 is 2.68 bits per heavy atom. The molecule has 2 aromatic carbocycles. The monoisotopic (exact) mass is 316 g/mol. The Labute approximate surface area is 133 Å². The maximum absolute atomic E-state index is 12.1. The van der Waals surface area contributed by atoms with E-state index in [4.69, 9.17) is 4.74 Å². The lowest BCUT2D eigenvalue weighted by Gasteiger charge is -2.12. The summed E-state index contributed by atoms with van der Waals surface area (Å²) in [7, 11) is 0. The van der Waals surface area contributed by atoms with Crippen molar-refractivity contribution in [3.63, 3.8) is 0 Å². The summed E-state index contributed by atoms with van der Waals surface area (Å²) in [6, 6.07) is 10.4. The molecule has 4 nitrogen and oxygen atoms in total. The second-order valence-electron chi connectivity index (χ2n) is 4.50. The zero-order chi connectivity index (χ0) is 16.1. The van der Waals surface area contributed by atoms with Gasteiger partial charge >= 0.3 is 5.97 Å². The van der Waals surface area contributed by atoms with Crippen molar-refractivity contribution in [2.45, 2.75) is 11.8 Å². The molecular formula is C17H16O4S. The van der Waals surface area contributed by atoms with Crippen LogP contribution in [-0.2, 0) is 4.74 Å². The fourth-order valence-electron chi connectivity index (χ4n) is 2.15. The number of esters is 1. The number of hydrogen-bond donors (Lipinski definition) is 1. The maximum atomic E-state index is 12.1. The van der Waals surface area contributed by atoms with Gasteiger partial charge in [-0.05, 0) is 42.5 Å². The predicted molar refractivity (Wildman–Crippen MR) is 86.7 cm³/mol. The molecule has 0 amide bonds. The molecule has 0 aliphatic carbocycles. The quantitative estimate of drug-likeness (QED) is 0.517. The van der Waals surface area contributed by atoms with E-state index in [9.17, 15) is 14.7 Å². The van der Waals surface area contributed by atoms with E-state index in [0.29, 0.717) is 34.5 Å². The molecule has 0 heterocycles. The molecule has 0 saturated carbocycles. The number of rotatable bonds is 5. The van der Waals surface area contributed by atoms with Crippen molar-refractivity contribution in [2.24, 2.45) is 0 Å². The molecule has 114 valence electrons. The molecule has 0 fully saturated rings. The zero-order valence-corrected chi connectivity index (χ0v) is 13.1. The lowest BCUT2D eigenvalue weighted by Crippen LogP contribution is -2.06. The van der Waals surface area contributed by atoms with Crippen molar-refractivity contribution in [2.75, 3.05) is 12.9 Å². The van der Waals surface area contributed by atoms with Gasteiger partial charge in [-0.3, -0.25) is 4.79 Å². The lowest BCUT2D eigenvalue weighted by molar-refractivity contribution is 0.0527. The molecule has 0 bridgehead atoms. The van der Waals surface area contributed by atoms with E-state index < -0.39 is 5.97 Å². The van der Waals surface area contributed by atoms with E-state index in [1.54, 1.807) is 37.3 Å². The Morgan fingerprint density at radius 2 is 2.05 bits per heavy atom. The number of benzene rings is 2. The Kier molecular flexibility index (Phi) is 5.22. The fraction of sp³-hybridized carbons (Fsp3) is 0.176. The highest BCUT2D eigenvalue weighted by Gasteiger charge is 2.16. The smallest absolute Gasteiger partial charge is 0.338 e. The second-order valence-corrected chi connectivity index (χ2v) is 5.35. The Hall–Kier alpha value is -2.27. The topological polar surface area (TPSA) is 63.6 Å². The van der Waals surface area contributed by atoms with Crippen LogP contribution in [0.3, 0.4) is 0 Å². The van der Waals surface area contributed by atoms with Crippen molar-refractivity contribution < 1.29 is 19.4 Å². The highest BCUT2D eigenvalue weighted by Crippen LogP contribution is 2.35. The van der Waals surface area contributed by atoms with Gasteiger partial charge in [0.25, 0.3) is 0 Å². The first-order chi connectivity index (χ1) is 10.6. The maximum Gasteiger partial charge on any atom is 0.338 e. The van der Waals surface area contributed by atoms with Gasteiger partial charge in [-0.25, -0.2) is 4.79 Å². The molecule has 2 rings (SSSR count). The van der Waals surface area contributed by atoms with Crippen LogP contribution in [0.4, 0.5) is 0 Å². The van der Waals surface area contributed by atoms with Crippen LogP contribution in [0.25, 0.3) is 11.1 Å². The summed E-state index contributed by atoms with van der Waals surface area (Å²) in [6.45, 7) is 2.04. The van der Waals surface area contributed by atoms with Crippen LogP contribution in [0, 0.1) is 0 Å². The highest BCUT2D eigenvalue weighted by molar-refractivity contribution is 7.98. The molecular weight excluding hydrogens is 300 g/mol. The van der Waals surface area contributed by atoms with E-state index in [1.807, 2.05) is 12.3 Å². The molecule has 0 saturated heterocycles. The van der Waals surface area contributed by atoms with Gasteiger partial charge in [0.2, 0.25) is 0 Å². The molecule has 0 aromatic heterocycles. The Balaban J connectivity index is 2.62. The normalized spacial score (nSPS) is 10.3. The average molecular weight is 316 g/mol. The second kappa shape index (κ2) is 7.13. The van der Waals surface area contributed by atoms with Crippen molar-refractivity contribution in [1.29, 1.82) is 0 Å². The minimum atomic E-state index is -0.412. The summed E-state index contributed by atoms with van der Waals surface area (Å²) in [5.74, 6) is -0.454. The number of aldehydes is 1. The number of carbonyl (C=O) groups is 2. The van der Waals surface area contributed by atoms with Gasteiger partial charge in [0.1, 0.15) is 5.75 Å². The van der Waals surface area contributed by atoms with E-state index in [1.165, 1.54) is 11.8 Å². The van der Waals surface area contributed by atoms with Gasteiger partial charge in [-0.15, -0.1) is 11.8 Å². The standard InChI is InChI=1S/C17H16O4S/c1-3-21-17(20)14-7-5-4-6-13(14)11-8-12(10-18)16(19)15(9-11)22-2/h4-10,19H,3H2,1-2H3.